The zero-order valence-electron chi connectivity index (χ0n) is 7.33. The number of rotatable bonds is 3. The summed E-state index contributed by atoms with van der Waals surface area (Å²) in [7, 11) is 0. The van der Waals surface area contributed by atoms with E-state index in [1.54, 1.807) is 0 Å². The van der Waals surface area contributed by atoms with E-state index in [4.69, 9.17) is 5.73 Å². The molecule has 0 aromatic carbocycles. The minimum Gasteiger partial charge on any atom is -0.330 e. The van der Waals surface area contributed by atoms with Crippen molar-refractivity contribution in [2.24, 2.45) is 11.7 Å². The topological polar surface area (TPSA) is 58.9 Å². The van der Waals surface area contributed by atoms with Crippen LogP contribution in [0, 0.1) is 5.92 Å². The van der Waals surface area contributed by atoms with E-state index in [2.05, 4.69) is 18.8 Å². The summed E-state index contributed by atoms with van der Waals surface area (Å²) in [4.78, 5) is 13.7. The Balaban J connectivity index is 2.87. The minimum atomic E-state index is 0.00380. The van der Waals surface area contributed by atoms with Crippen molar-refractivity contribution in [2.75, 3.05) is 6.54 Å². The van der Waals surface area contributed by atoms with Crippen LogP contribution in [-0.2, 0) is 0 Å². The Kier molecular flexibility index (Phi) is 3.05. The van der Waals surface area contributed by atoms with E-state index in [9.17, 15) is 4.79 Å². The maximum atomic E-state index is 10.9. The van der Waals surface area contributed by atoms with Gasteiger partial charge in [0.05, 0.1) is 0 Å². The van der Waals surface area contributed by atoms with E-state index < -0.39 is 0 Å². The fourth-order valence-corrected chi connectivity index (χ4v) is 1.88. The van der Waals surface area contributed by atoms with Gasteiger partial charge in [-0.05, 0) is 5.92 Å². The normalized spacial score (nSPS) is 13.7. The number of hydrogen-bond donors (Lipinski definition) is 2. The standard InChI is InChI=1S/C8H14N2OS/c1-5(2)6(3-9)7-4-12-8(11)10-7/h4-6H,3,9H2,1-2H3,(H,10,11). The highest BCUT2D eigenvalue weighted by atomic mass is 32.1. The van der Waals surface area contributed by atoms with Gasteiger partial charge >= 0.3 is 4.87 Å². The molecule has 0 radical (unpaired) electrons. The van der Waals surface area contributed by atoms with E-state index >= 15 is 0 Å². The van der Waals surface area contributed by atoms with Crippen molar-refractivity contribution in [2.45, 2.75) is 19.8 Å². The Morgan fingerprint density at radius 3 is 2.67 bits per heavy atom. The molecule has 12 heavy (non-hydrogen) atoms. The summed E-state index contributed by atoms with van der Waals surface area (Å²) < 4.78 is 0. The number of hydrogen-bond acceptors (Lipinski definition) is 3. The lowest BCUT2D eigenvalue weighted by Crippen LogP contribution is -2.18. The van der Waals surface area contributed by atoms with Crippen LogP contribution in [0.3, 0.4) is 0 Å². The zero-order chi connectivity index (χ0) is 9.14. The summed E-state index contributed by atoms with van der Waals surface area (Å²) in [5.74, 6) is 0.754. The molecule has 4 heteroatoms. The maximum absolute atomic E-state index is 10.9. The molecule has 0 saturated carbocycles. The molecule has 3 N–H and O–H groups in total. The number of H-pyrrole nitrogens is 1. The van der Waals surface area contributed by atoms with Crippen molar-refractivity contribution < 1.29 is 0 Å². The lowest BCUT2D eigenvalue weighted by molar-refractivity contribution is 0.497. The van der Waals surface area contributed by atoms with E-state index in [0.29, 0.717) is 12.5 Å². The monoisotopic (exact) mass is 186 g/mol. The molecule has 0 amide bonds. The summed E-state index contributed by atoms with van der Waals surface area (Å²) in [5, 5.41) is 1.86. The summed E-state index contributed by atoms with van der Waals surface area (Å²) >= 11 is 1.20. The van der Waals surface area contributed by atoms with Crippen LogP contribution in [0.15, 0.2) is 10.2 Å². The van der Waals surface area contributed by atoms with Gasteiger partial charge in [-0.3, -0.25) is 4.79 Å². The Morgan fingerprint density at radius 2 is 2.33 bits per heavy atom. The first-order valence-corrected chi connectivity index (χ1v) is 4.91. The lowest BCUT2D eigenvalue weighted by atomic mass is 9.93. The first-order chi connectivity index (χ1) is 5.65. The van der Waals surface area contributed by atoms with Gasteiger partial charge in [-0.1, -0.05) is 25.2 Å². The molecule has 0 spiro atoms. The van der Waals surface area contributed by atoms with Gasteiger partial charge < -0.3 is 10.7 Å². The van der Waals surface area contributed by atoms with Gasteiger partial charge in [0.1, 0.15) is 0 Å². The maximum Gasteiger partial charge on any atom is 0.304 e. The van der Waals surface area contributed by atoms with Crippen LogP contribution in [-0.4, -0.2) is 11.5 Å². The molecule has 1 aromatic heterocycles. The molecule has 0 bridgehead atoms. The van der Waals surface area contributed by atoms with Gasteiger partial charge in [-0.2, -0.15) is 0 Å². The Morgan fingerprint density at radius 1 is 1.67 bits per heavy atom. The highest BCUT2D eigenvalue weighted by molar-refractivity contribution is 7.07. The average molecular weight is 186 g/mol. The van der Waals surface area contributed by atoms with Gasteiger partial charge in [-0.15, -0.1) is 0 Å². The van der Waals surface area contributed by atoms with Crippen LogP contribution >= 0.6 is 11.3 Å². The van der Waals surface area contributed by atoms with Gasteiger partial charge in [0.25, 0.3) is 0 Å². The van der Waals surface area contributed by atoms with Crippen molar-refractivity contribution >= 4 is 11.3 Å². The molecular formula is C8H14N2OS. The number of nitrogens with two attached hydrogens (primary N) is 1. The molecule has 1 heterocycles. The second-order valence-electron chi connectivity index (χ2n) is 3.19. The van der Waals surface area contributed by atoms with Crippen LogP contribution in [0.1, 0.15) is 25.5 Å². The van der Waals surface area contributed by atoms with Crippen LogP contribution in [0.4, 0.5) is 0 Å². The predicted octanol–water partition coefficient (Wildman–Crippen LogP) is 1.13. The summed E-state index contributed by atoms with van der Waals surface area (Å²) in [6, 6.07) is 0. The molecule has 68 valence electrons. The molecule has 1 aromatic rings. The van der Waals surface area contributed by atoms with Crippen molar-refractivity contribution in [1.29, 1.82) is 0 Å². The van der Waals surface area contributed by atoms with Crippen LogP contribution < -0.4 is 10.6 Å². The van der Waals surface area contributed by atoms with Gasteiger partial charge in [0.2, 0.25) is 0 Å². The molecule has 0 fully saturated rings. The zero-order valence-corrected chi connectivity index (χ0v) is 8.15. The summed E-state index contributed by atoms with van der Waals surface area (Å²) in [5.41, 5.74) is 6.57. The lowest BCUT2D eigenvalue weighted by Gasteiger charge is -2.16. The van der Waals surface area contributed by atoms with Crippen molar-refractivity contribution in [3.63, 3.8) is 0 Å². The molecule has 0 aliphatic rings. The van der Waals surface area contributed by atoms with Crippen LogP contribution in [0.5, 0.6) is 0 Å². The molecule has 3 nitrogen and oxygen atoms in total. The quantitative estimate of drug-likeness (QED) is 0.743. The highest BCUT2D eigenvalue weighted by Crippen LogP contribution is 2.20. The number of aromatic amines is 1. The minimum absolute atomic E-state index is 0.00380. The molecule has 0 saturated heterocycles. The third-order valence-corrected chi connectivity index (χ3v) is 2.69. The molecule has 0 aliphatic carbocycles. The average Bonchev–Trinajstić information content (AvgIpc) is 2.37. The fourth-order valence-electron chi connectivity index (χ4n) is 1.23. The Labute approximate surface area is 75.6 Å². The largest absolute Gasteiger partial charge is 0.330 e. The number of nitrogens with one attached hydrogen (secondary N) is 1. The van der Waals surface area contributed by atoms with Gasteiger partial charge in [-0.25, -0.2) is 0 Å². The van der Waals surface area contributed by atoms with Crippen molar-refractivity contribution in [3.05, 3.63) is 20.7 Å². The van der Waals surface area contributed by atoms with E-state index in [-0.39, 0.29) is 10.8 Å². The van der Waals surface area contributed by atoms with Crippen molar-refractivity contribution in [1.82, 2.24) is 4.98 Å². The van der Waals surface area contributed by atoms with Crippen molar-refractivity contribution in [3.8, 4) is 0 Å². The van der Waals surface area contributed by atoms with E-state index in [0.717, 1.165) is 5.69 Å². The molecule has 1 rings (SSSR count). The predicted molar refractivity (Wildman–Crippen MR) is 51.6 cm³/mol. The molecule has 0 aliphatic heterocycles. The first kappa shape index (κ1) is 9.48. The SMILES string of the molecule is CC(C)C(CN)c1csc(=O)[nH]1. The second kappa shape index (κ2) is 3.87. The number of aromatic nitrogens is 1. The number of thiazole rings is 1. The molecular weight excluding hydrogens is 172 g/mol. The fraction of sp³-hybridized carbons (Fsp3) is 0.625. The smallest absolute Gasteiger partial charge is 0.304 e. The highest BCUT2D eigenvalue weighted by Gasteiger charge is 2.15. The van der Waals surface area contributed by atoms with E-state index in [1.165, 1.54) is 11.3 Å². The summed E-state index contributed by atoms with van der Waals surface area (Å²) in [6.07, 6.45) is 0. The molecule has 1 atom stereocenters. The van der Waals surface area contributed by atoms with Crippen LogP contribution in [0.25, 0.3) is 0 Å². The van der Waals surface area contributed by atoms with Gasteiger partial charge in [0.15, 0.2) is 0 Å². The first-order valence-electron chi connectivity index (χ1n) is 4.03. The Hall–Kier alpha value is -0.610. The molecule has 1 unspecified atom stereocenters. The third kappa shape index (κ3) is 1.95. The summed E-state index contributed by atoms with van der Waals surface area (Å²) in [6.45, 7) is 4.80. The second-order valence-corrected chi connectivity index (χ2v) is 4.03. The van der Waals surface area contributed by atoms with Gasteiger partial charge in [0, 0.05) is 23.5 Å². The van der Waals surface area contributed by atoms with Crippen LogP contribution in [0.2, 0.25) is 0 Å². The third-order valence-electron chi connectivity index (χ3n) is 2.00. The Bertz CT molecular complexity index is 289. The van der Waals surface area contributed by atoms with E-state index in [1.807, 2.05) is 5.38 Å².